The lowest BCUT2D eigenvalue weighted by Crippen LogP contribution is -2.44. The zero-order valence-corrected chi connectivity index (χ0v) is 19.2. The lowest BCUT2D eigenvalue weighted by Gasteiger charge is -2.39. The van der Waals surface area contributed by atoms with Gasteiger partial charge in [0.15, 0.2) is 0 Å². The molecule has 168 valence electrons. The van der Waals surface area contributed by atoms with Gasteiger partial charge in [-0.15, -0.1) is 0 Å². The van der Waals surface area contributed by atoms with Gasteiger partial charge >= 0.3 is 6.09 Å². The van der Waals surface area contributed by atoms with Gasteiger partial charge < -0.3 is 14.4 Å². The second-order valence-corrected chi connectivity index (χ2v) is 9.98. The quantitative estimate of drug-likeness (QED) is 0.609. The zero-order valence-electron chi connectivity index (χ0n) is 19.2. The van der Waals surface area contributed by atoms with E-state index < -0.39 is 5.60 Å². The molecule has 2 fully saturated rings. The van der Waals surface area contributed by atoms with E-state index in [-0.39, 0.29) is 18.4 Å². The summed E-state index contributed by atoms with van der Waals surface area (Å²) < 4.78 is 13.5. The van der Waals surface area contributed by atoms with Gasteiger partial charge in [-0.3, -0.25) is 0 Å². The van der Waals surface area contributed by atoms with E-state index in [4.69, 9.17) is 9.47 Å². The van der Waals surface area contributed by atoms with Crippen LogP contribution < -0.4 is 0 Å². The highest BCUT2D eigenvalue weighted by Crippen LogP contribution is 2.35. The Kier molecular flexibility index (Phi) is 6.37. The summed E-state index contributed by atoms with van der Waals surface area (Å²) in [5.74, 6) is 0.482. The summed E-state index contributed by atoms with van der Waals surface area (Å²) in [5, 5.41) is 4.53. The third-order valence-corrected chi connectivity index (χ3v) is 6.13. The first kappa shape index (κ1) is 21.9. The van der Waals surface area contributed by atoms with E-state index in [1.165, 1.54) is 6.42 Å². The molecule has 0 radical (unpaired) electrons. The molecule has 31 heavy (non-hydrogen) atoms. The number of piperidine rings is 1. The van der Waals surface area contributed by atoms with Crippen LogP contribution in [0.15, 0.2) is 36.7 Å². The van der Waals surface area contributed by atoms with Crippen LogP contribution in [0.2, 0.25) is 0 Å². The fourth-order valence-electron chi connectivity index (χ4n) is 4.50. The van der Waals surface area contributed by atoms with Gasteiger partial charge in [0.1, 0.15) is 11.8 Å². The van der Waals surface area contributed by atoms with Crippen LogP contribution in [0, 0.1) is 5.92 Å². The summed E-state index contributed by atoms with van der Waals surface area (Å²) in [6.45, 7) is 9.49. The maximum Gasteiger partial charge on any atom is 0.410 e. The Bertz CT molecular complexity index is 878. The average Bonchev–Trinajstić information content (AvgIpc) is 3.24. The molecule has 1 aromatic heterocycles. The summed E-state index contributed by atoms with van der Waals surface area (Å²) in [7, 11) is 0. The van der Waals surface area contributed by atoms with Crippen molar-refractivity contribution < 1.29 is 14.3 Å². The van der Waals surface area contributed by atoms with Crippen molar-refractivity contribution in [3.63, 3.8) is 0 Å². The molecule has 2 aliphatic rings. The minimum atomic E-state index is -0.492. The molecule has 2 saturated heterocycles. The normalized spacial score (nSPS) is 24.8. The van der Waals surface area contributed by atoms with E-state index in [1.54, 1.807) is 0 Å². The SMILES string of the molecule is CC1CCC(c2ccc(-c3cnn(C4CCCCO4)c3)cc2)N(C(=O)OC(C)(C)C)C1. The molecule has 0 spiro atoms. The fourth-order valence-corrected chi connectivity index (χ4v) is 4.50. The van der Waals surface area contributed by atoms with Crippen LogP contribution in [-0.2, 0) is 9.47 Å². The van der Waals surface area contributed by atoms with Gasteiger partial charge in [-0.25, -0.2) is 9.48 Å². The number of carbonyl (C=O) groups excluding carboxylic acids is 1. The Morgan fingerprint density at radius 3 is 2.55 bits per heavy atom. The number of hydrogen-bond acceptors (Lipinski definition) is 4. The first-order valence-corrected chi connectivity index (χ1v) is 11.6. The lowest BCUT2D eigenvalue weighted by atomic mass is 9.89. The van der Waals surface area contributed by atoms with Crippen molar-refractivity contribution in [2.75, 3.05) is 13.2 Å². The molecule has 3 atom stereocenters. The van der Waals surface area contributed by atoms with Crippen LogP contribution in [0.3, 0.4) is 0 Å². The molecule has 2 aliphatic heterocycles. The van der Waals surface area contributed by atoms with Crippen molar-refractivity contribution >= 4 is 6.09 Å². The van der Waals surface area contributed by atoms with Gasteiger partial charge in [0.05, 0.1) is 12.2 Å². The highest BCUT2D eigenvalue weighted by atomic mass is 16.6. The predicted molar refractivity (Wildman–Crippen MR) is 121 cm³/mol. The number of ether oxygens (including phenoxy) is 2. The van der Waals surface area contributed by atoms with Crippen molar-refractivity contribution in [2.45, 2.75) is 77.7 Å². The third kappa shape index (κ3) is 5.29. The third-order valence-electron chi connectivity index (χ3n) is 6.13. The molecule has 2 aromatic rings. The number of carbonyl (C=O) groups is 1. The van der Waals surface area contributed by atoms with Gasteiger partial charge in [0.2, 0.25) is 0 Å². The predicted octanol–water partition coefficient (Wildman–Crippen LogP) is 5.96. The van der Waals surface area contributed by atoms with Crippen molar-refractivity contribution in [1.82, 2.24) is 14.7 Å². The number of benzene rings is 1. The number of amides is 1. The summed E-state index contributed by atoms with van der Waals surface area (Å²) >= 11 is 0. The molecular weight excluding hydrogens is 390 g/mol. The number of rotatable bonds is 3. The van der Waals surface area contributed by atoms with Gasteiger partial charge in [-0.05, 0) is 69.9 Å². The van der Waals surface area contributed by atoms with Crippen LogP contribution in [-0.4, -0.2) is 39.5 Å². The smallest absolute Gasteiger partial charge is 0.410 e. The first-order chi connectivity index (χ1) is 14.8. The topological polar surface area (TPSA) is 56.6 Å². The first-order valence-electron chi connectivity index (χ1n) is 11.6. The molecule has 6 nitrogen and oxygen atoms in total. The maximum atomic E-state index is 12.9. The minimum Gasteiger partial charge on any atom is -0.444 e. The number of likely N-dealkylation sites (tertiary alicyclic amines) is 1. The number of hydrogen-bond donors (Lipinski definition) is 0. The van der Waals surface area contributed by atoms with E-state index in [1.807, 2.05) is 36.5 Å². The Balaban J connectivity index is 1.49. The highest BCUT2D eigenvalue weighted by Gasteiger charge is 2.33. The lowest BCUT2D eigenvalue weighted by molar-refractivity contribution is -0.0394. The highest BCUT2D eigenvalue weighted by molar-refractivity contribution is 5.69. The van der Waals surface area contributed by atoms with Crippen LogP contribution >= 0.6 is 0 Å². The van der Waals surface area contributed by atoms with Gasteiger partial charge in [0, 0.05) is 24.9 Å². The van der Waals surface area contributed by atoms with Crippen molar-refractivity contribution in [2.24, 2.45) is 5.92 Å². The number of aromatic nitrogens is 2. The summed E-state index contributed by atoms with van der Waals surface area (Å²) in [4.78, 5) is 14.8. The Morgan fingerprint density at radius 2 is 1.87 bits per heavy atom. The monoisotopic (exact) mass is 425 g/mol. The van der Waals surface area contributed by atoms with Gasteiger partial charge in [0.25, 0.3) is 0 Å². The summed E-state index contributed by atoms with van der Waals surface area (Å²) in [6, 6.07) is 8.59. The minimum absolute atomic E-state index is 0.0494. The summed E-state index contributed by atoms with van der Waals surface area (Å²) in [5.41, 5.74) is 2.87. The van der Waals surface area contributed by atoms with E-state index in [0.29, 0.717) is 5.92 Å². The van der Waals surface area contributed by atoms with Gasteiger partial charge in [-0.1, -0.05) is 31.2 Å². The molecular formula is C25H35N3O3. The molecule has 3 unspecified atom stereocenters. The van der Waals surface area contributed by atoms with Crippen molar-refractivity contribution in [3.8, 4) is 11.1 Å². The molecule has 1 amide bonds. The zero-order chi connectivity index (χ0) is 22.0. The molecule has 0 saturated carbocycles. The van der Waals surface area contributed by atoms with Gasteiger partial charge in [-0.2, -0.15) is 5.10 Å². The fraction of sp³-hybridized carbons (Fsp3) is 0.600. The van der Waals surface area contributed by atoms with Crippen LogP contribution in [0.1, 0.15) is 77.6 Å². The van der Waals surface area contributed by atoms with Crippen LogP contribution in [0.25, 0.3) is 11.1 Å². The standard InChI is InChI=1S/C25H35N3O3/c1-18-8-13-22(27(16-18)24(29)31-25(2,3)4)20-11-9-19(10-12-20)21-15-26-28(17-21)23-7-5-6-14-30-23/h9-12,15,17-18,22-23H,5-8,13-14,16H2,1-4H3. The maximum absolute atomic E-state index is 12.9. The molecule has 3 heterocycles. The molecule has 1 aromatic carbocycles. The van der Waals surface area contributed by atoms with Crippen molar-refractivity contribution in [3.05, 3.63) is 42.2 Å². The van der Waals surface area contributed by atoms with Crippen LogP contribution in [0.4, 0.5) is 4.79 Å². The average molecular weight is 426 g/mol. The molecule has 0 bridgehead atoms. The van der Waals surface area contributed by atoms with E-state index in [9.17, 15) is 4.79 Å². The Labute approximate surface area is 185 Å². The summed E-state index contributed by atoms with van der Waals surface area (Å²) in [6.07, 6.45) is 9.20. The Hall–Kier alpha value is -2.34. The van der Waals surface area contributed by atoms with E-state index in [2.05, 4.69) is 42.5 Å². The van der Waals surface area contributed by atoms with Crippen LogP contribution in [0.5, 0.6) is 0 Å². The Morgan fingerprint density at radius 1 is 1.10 bits per heavy atom. The molecule has 0 aliphatic carbocycles. The number of nitrogens with zero attached hydrogens (tertiary/aromatic N) is 3. The molecule has 0 N–H and O–H groups in total. The van der Waals surface area contributed by atoms with Crippen molar-refractivity contribution in [1.29, 1.82) is 0 Å². The molecule has 4 rings (SSSR count). The van der Waals surface area contributed by atoms with E-state index >= 15 is 0 Å². The second kappa shape index (κ2) is 9.03. The molecule has 6 heteroatoms. The second-order valence-electron chi connectivity index (χ2n) is 9.98. The largest absolute Gasteiger partial charge is 0.444 e. The van der Waals surface area contributed by atoms with E-state index in [0.717, 1.165) is 55.5 Å².